The zero-order valence-electron chi connectivity index (χ0n) is 19.2. The Kier molecular flexibility index (Phi) is 6.33. The van der Waals surface area contributed by atoms with Gasteiger partial charge in [0.2, 0.25) is 0 Å². The van der Waals surface area contributed by atoms with Crippen molar-refractivity contribution in [2.75, 3.05) is 5.32 Å². The minimum atomic E-state index is -1.14. The number of hydrogen-bond acceptors (Lipinski definition) is 3. The van der Waals surface area contributed by atoms with Crippen LogP contribution >= 0.6 is 11.6 Å². The van der Waals surface area contributed by atoms with Crippen LogP contribution in [0.15, 0.2) is 42.6 Å². The number of anilines is 1. The molecule has 0 spiro atoms. The molecule has 1 aromatic heterocycles. The van der Waals surface area contributed by atoms with Crippen LogP contribution in [0, 0.1) is 11.8 Å². The van der Waals surface area contributed by atoms with Crippen molar-refractivity contribution < 1.29 is 9.90 Å². The fourth-order valence-electron chi connectivity index (χ4n) is 4.76. The van der Waals surface area contributed by atoms with E-state index in [2.05, 4.69) is 30.0 Å². The number of aromatic nitrogens is 2. The first-order valence-corrected chi connectivity index (χ1v) is 11.8. The molecule has 5 nitrogen and oxygen atoms in total. The number of halogens is 1. The lowest BCUT2D eigenvalue weighted by atomic mass is 9.80. The van der Waals surface area contributed by atoms with Gasteiger partial charge in [0.05, 0.1) is 27.7 Å². The molecule has 0 unspecified atom stereocenters. The zero-order chi connectivity index (χ0) is 23.0. The smallest absolute Gasteiger partial charge is 0.257 e. The third-order valence-electron chi connectivity index (χ3n) is 6.75. The van der Waals surface area contributed by atoms with Gasteiger partial charge < -0.3 is 10.4 Å². The van der Waals surface area contributed by atoms with Gasteiger partial charge in [-0.1, -0.05) is 37.6 Å². The average Bonchev–Trinajstić information content (AvgIpc) is 3.16. The maximum Gasteiger partial charge on any atom is 0.257 e. The first kappa shape index (κ1) is 22.8. The molecular formula is C26H32ClN3O2. The lowest BCUT2D eigenvalue weighted by molar-refractivity contribution is 0.0794. The van der Waals surface area contributed by atoms with Gasteiger partial charge in [-0.15, -0.1) is 0 Å². The van der Waals surface area contributed by atoms with Crippen LogP contribution in [-0.4, -0.2) is 20.8 Å². The minimum absolute atomic E-state index is 0.306. The Bertz CT molecular complexity index is 1120. The summed E-state index contributed by atoms with van der Waals surface area (Å²) >= 11 is 6.21. The van der Waals surface area contributed by atoms with E-state index in [4.69, 9.17) is 16.7 Å². The highest BCUT2D eigenvalue weighted by Gasteiger charge is 2.27. The Hall–Kier alpha value is -2.37. The Balaban J connectivity index is 1.65. The molecular weight excluding hydrogens is 422 g/mol. The molecule has 2 N–H and O–H groups in total. The summed E-state index contributed by atoms with van der Waals surface area (Å²) in [4.78, 5) is 12.9. The molecule has 0 saturated heterocycles. The van der Waals surface area contributed by atoms with Crippen molar-refractivity contribution in [2.24, 2.45) is 11.8 Å². The molecule has 1 amide bonds. The van der Waals surface area contributed by atoms with Crippen molar-refractivity contribution in [1.82, 2.24) is 9.78 Å². The van der Waals surface area contributed by atoms with E-state index in [1.54, 1.807) is 38.1 Å². The highest BCUT2D eigenvalue weighted by atomic mass is 35.5. The molecule has 1 saturated carbocycles. The number of rotatable bonds is 5. The van der Waals surface area contributed by atoms with E-state index in [1.807, 2.05) is 12.1 Å². The highest BCUT2D eigenvalue weighted by Crippen LogP contribution is 2.37. The monoisotopic (exact) mass is 453 g/mol. The number of amides is 1. The maximum absolute atomic E-state index is 12.9. The summed E-state index contributed by atoms with van der Waals surface area (Å²) in [5.74, 6) is 1.22. The van der Waals surface area contributed by atoms with Crippen molar-refractivity contribution in [3.05, 3.63) is 58.7 Å². The molecule has 1 aliphatic rings. The van der Waals surface area contributed by atoms with E-state index in [-0.39, 0.29) is 5.91 Å². The Morgan fingerprint density at radius 1 is 1.19 bits per heavy atom. The van der Waals surface area contributed by atoms with Gasteiger partial charge in [-0.2, -0.15) is 5.10 Å². The van der Waals surface area contributed by atoms with Gasteiger partial charge in [0.25, 0.3) is 5.91 Å². The largest absolute Gasteiger partial charge is 0.386 e. The maximum atomic E-state index is 12.9. The van der Waals surface area contributed by atoms with Crippen LogP contribution in [-0.2, 0) is 5.60 Å². The number of aliphatic hydroxyl groups is 1. The standard InChI is InChI=1S/C26H32ClN3O2/c1-16(2)17-9-11-19(12-10-17)30-15-18-13-24(21(26(3,4)32)14-23(18)29-30)28-25(31)20-7-5-6-8-22(20)27/h5-8,13-17,19,32H,9-12H2,1-4H3,(H,28,31)/t17-,19-. The lowest BCUT2D eigenvalue weighted by Crippen LogP contribution is -2.21. The first-order valence-electron chi connectivity index (χ1n) is 11.4. The molecule has 2 aromatic carbocycles. The SMILES string of the molecule is CC(C)[C@H]1CC[C@H](n2cc3cc(NC(=O)c4ccccc4Cl)c(C(C)(C)O)cc3n2)CC1. The van der Waals surface area contributed by atoms with Crippen LogP contribution in [0.5, 0.6) is 0 Å². The molecule has 1 heterocycles. The molecule has 0 radical (unpaired) electrons. The molecule has 3 aromatic rings. The second-order valence-electron chi connectivity index (χ2n) is 9.87. The number of fused-ring (bicyclic) bond motifs is 1. The van der Waals surface area contributed by atoms with Crippen LogP contribution in [0.2, 0.25) is 5.02 Å². The van der Waals surface area contributed by atoms with Crippen LogP contribution in [0.1, 0.15) is 75.3 Å². The topological polar surface area (TPSA) is 67.2 Å². The number of carbonyl (C=O) groups is 1. The van der Waals surface area contributed by atoms with Gasteiger partial charge in [0.15, 0.2) is 0 Å². The molecule has 1 fully saturated rings. The van der Waals surface area contributed by atoms with Gasteiger partial charge in [-0.25, -0.2) is 0 Å². The predicted molar refractivity (Wildman–Crippen MR) is 130 cm³/mol. The van der Waals surface area contributed by atoms with Crippen molar-refractivity contribution >= 4 is 34.1 Å². The molecule has 32 heavy (non-hydrogen) atoms. The van der Waals surface area contributed by atoms with Gasteiger partial charge in [-0.3, -0.25) is 9.48 Å². The van der Waals surface area contributed by atoms with Crippen molar-refractivity contribution in [3.63, 3.8) is 0 Å². The second-order valence-corrected chi connectivity index (χ2v) is 10.3. The van der Waals surface area contributed by atoms with Crippen LogP contribution in [0.4, 0.5) is 5.69 Å². The van der Waals surface area contributed by atoms with Crippen LogP contribution < -0.4 is 5.32 Å². The molecule has 0 aliphatic heterocycles. The van der Waals surface area contributed by atoms with E-state index in [9.17, 15) is 9.90 Å². The van der Waals surface area contributed by atoms with Crippen molar-refractivity contribution in [1.29, 1.82) is 0 Å². The molecule has 1 aliphatic carbocycles. The van der Waals surface area contributed by atoms with Gasteiger partial charge in [0, 0.05) is 22.8 Å². The van der Waals surface area contributed by atoms with E-state index in [0.29, 0.717) is 27.9 Å². The average molecular weight is 454 g/mol. The van der Waals surface area contributed by atoms with Gasteiger partial charge in [0.1, 0.15) is 0 Å². The van der Waals surface area contributed by atoms with E-state index < -0.39 is 5.60 Å². The molecule has 6 heteroatoms. The molecule has 4 rings (SSSR count). The number of nitrogens with zero attached hydrogens (tertiary/aromatic N) is 2. The number of benzene rings is 2. The van der Waals surface area contributed by atoms with Gasteiger partial charge in [-0.05, 0) is 75.6 Å². The van der Waals surface area contributed by atoms with Crippen LogP contribution in [0.25, 0.3) is 10.9 Å². The fraction of sp³-hybridized carbons (Fsp3) is 0.462. The zero-order valence-corrected chi connectivity index (χ0v) is 20.0. The highest BCUT2D eigenvalue weighted by molar-refractivity contribution is 6.34. The fourth-order valence-corrected chi connectivity index (χ4v) is 4.98. The van der Waals surface area contributed by atoms with E-state index >= 15 is 0 Å². The molecule has 0 atom stereocenters. The van der Waals surface area contributed by atoms with E-state index in [0.717, 1.165) is 35.6 Å². The Morgan fingerprint density at radius 2 is 1.88 bits per heavy atom. The van der Waals surface area contributed by atoms with Crippen LogP contribution in [0.3, 0.4) is 0 Å². The summed E-state index contributed by atoms with van der Waals surface area (Å²) in [5.41, 5.74) is 1.27. The third-order valence-corrected chi connectivity index (χ3v) is 7.08. The normalized spacial score (nSPS) is 19.5. The second kappa shape index (κ2) is 8.87. The third kappa shape index (κ3) is 4.69. The Labute approximate surface area is 194 Å². The predicted octanol–water partition coefficient (Wildman–Crippen LogP) is 6.56. The number of carbonyl (C=O) groups excluding carboxylic acids is 1. The summed E-state index contributed by atoms with van der Waals surface area (Å²) < 4.78 is 2.08. The first-order chi connectivity index (χ1) is 15.1. The quantitative estimate of drug-likeness (QED) is 0.459. The molecule has 0 bridgehead atoms. The number of hydrogen-bond donors (Lipinski definition) is 2. The summed E-state index contributed by atoms with van der Waals surface area (Å²) in [6.07, 6.45) is 6.78. The minimum Gasteiger partial charge on any atom is -0.386 e. The summed E-state index contributed by atoms with van der Waals surface area (Å²) in [6.45, 7) is 8.04. The Morgan fingerprint density at radius 3 is 2.50 bits per heavy atom. The summed E-state index contributed by atoms with van der Waals surface area (Å²) in [5, 5.41) is 19.9. The molecule has 170 valence electrons. The van der Waals surface area contributed by atoms with Crippen molar-refractivity contribution in [2.45, 2.75) is 65.0 Å². The van der Waals surface area contributed by atoms with Crippen molar-refractivity contribution in [3.8, 4) is 0 Å². The lowest BCUT2D eigenvalue weighted by Gasteiger charge is -2.30. The van der Waals surface area contributed by atoms with Gasteiger partial charge >= 0.3 is 0 Å². The number of nitrogens with one attached hydrogen (secondary N) is 1. The van der Waals surface area contributed by atoms with E-state index in [1.165, 1.54) is 12.8 Å². The summed E-state index contributed by atoms with van der Waals surface area (Å²) in [7, 11) is 0. The summed E-state index contributed by atoms with van der Waals surface area (Å²) in [6, 6.07) is 11.1.